The predicted octanol–water partition coefficient (Wildman–Crippen LogP) is 2.71. The van der Waals surface area contributed by atoms with Crippen molar-refractivity contribution in [3.63, 3.8) is 0 Å². The molecule has 0 aliphatic carbocycles. The van der Waals surface area contributed by atoms with Gasteiger partial charge >= 0.3 is 0 Å². The monoisotopic (exact) mass is 351 g/mol. The number of fused-ring (bicyclic) bond motifs is 3. The van der Waals surface area contributed by atoms with E-state index in [9.17, 15) is 4.79 Å². The highest BCUT2D eigenvalue weighted by Gasteiger charge is 2.14. The Kier molecular flexibility index (Phi) is 4.01. The van der Waals surface area contributed by atoms with Gasteiger partial charge in [0.2, 0.25) is 5.16 Å². The van der Waals surface area contributed by atoms with Gasteiger partial charge in [-0.05, 0) is 31.2 Å². The van der Waals surface area contributed by atoms with Gasteiger partial charge in [-0.3, -0.25) is 4.79 Å². The van der Waals surface area contributed by atoms with Crippen LogP contribution in [0.15, 0.2) is 52.5 Å². The van der Waals surface area contributed by atoms with Crippen molar-refractivity contribution in [1.29, 1.82) is 0 Å². The Balaban J connectivity index is 1.80. The van der Waals surface area contributed by atoms with E-state index in [1.165, 1.54) is 17.3 Å². The van der Waals surface area contributed by atoms with Crippen molar-refractivity contribution in [2.75, 3.05) is 6.26 Å². The minimum Gasteiger partial charge on any atom is -0.314 e. The van der Waals surface area contributed by atoms with Gasteiger partial charge in [-0.15, -0.1) is 5.10 Å². The van der Waals surface area contributed by atoms with Crippen LogP contribution in [-0.2, 0) is 13.0 Å². The second kappa shape index (κ2) is 6.33. The van der Waals surface area contributed by atoms with Crippen LogP contribution < -0.4 is 5.56 Å². The number of rotatable bonds is 4. The van der Waals surface area contributed by atoms with Gasteiger partial charge in [-0.2, -0.15) is 9.50 Å². The van der Waals surface area contributed by atoms with E-state index in [0.717, 1.165) is 11.9 Å². The van der Waals surface area contributed by atoms with Crippen molar-refractivity contribution in [3.05, 3.63) is 64.2 Å². The zero-order valence-electron chi connectivity index (χ0n) is 14.0. The molecule has 0 unspecified atom stereocenters. The number of aryl methyl sites for hydroxylation is 3. The van der Waals surface area contributed by atoms with Crippen LogP contribution in [-0.4, -0.2) is 30.4 Å². The molecule has 0 aliphatic heterocycles. The third kappa shape index (κ3) is 2.80. The quantitative estimate of drug-likeness (QED) is 0.529. The first-order valence-electron chi connectivity index (χ1n) is 8.02. The molecule has 4 aromatic rings. The van der Waals surface area contributed by atoms with E-state index >= 15 is 0 Å². The predicted molar refractivity (Wildman–Crippen MR) is 99.2 cm³/mol. The van der Waals surface area contributed by atoms with Gasteiger partial charge in [0, 0.05) is 12.7 Å². The van der Waals surface area contributed by atoms with Gasteiger partial charge in [0.15, 0.2) is 0 Å². The molecule has 1 aromatic carbocycles. The zero-order valence-corrected chi connectivity index (χ0v) is 14.8. The summed E-state index contributed by atoms with van der Waals surface area (Å²) in [5.74, 6) is 0.524. The van der Waals surface area contributed by atoms with Crippen LogP contribution in [0.1, 0.15) is 11.3 Å². The van der Waals surface area contributed by atoms with Gasteiger partial charge in [0.05, 0.1) is 16.6 Å². The summed E-state index contributed by atoms with van der Waals surface area (Å²) < 4.78 is 3.39. The highest BCUT2D eigenvalue weighted by Crippen LogP contribution is 2.17. The lowest BCUT2D eigenvalue weighted by molar-refractivity contribution is 0.673. The van der Waals surface area contributed by atoms with Gasteiger partial charge in [0.1, 0.15) is 0 Å². The second-order valence-electron chi connectivity index (χ2n) is 5.82. The number of thioether (sulfide) groups is 1. The summed E-state index contributed by atoms with van der Waals surface area (Å²) in [6.07, 6.45) is 4.55. The van der Waals surface area contributed by atoms with Crippen molar-refractivity contribution in [1.82, 2.24) is 24.1 Å². The molecule has 0 atom stereocenters. The zero-order chi connectivity index (χ0) is 17.4. The first kappa shape index (κ1) is 15.8. The maximum absolute atomic E-state index is 12.9. The molecule has 0 N–H and O–H groups in total. The van der Waals surface area contributed by atoms with Crippen LogP contribution in [0.2, 0.25) is 0 Å². The summed E-state index contributed by atoms with van der Waals surface area (Å²) in [6, 6.07) is 12.1. The summed E-state index contributed by atoms with van der Waals surface area (Å²) in [5.41, 5.74) is 2.60. The highest BCUT2D eigenvalue weighted by molar-refractivity contribution is 7.98. The molecular weight excluding hydrogens is 334 g/mol. The molecule has 0 spiro atoms. The molecule has 25 heavy (non-hydrogen) atoms. The topological polar surface area (TPSA) is 65.1 Å². The third-order valence-electron chi connectivity index (χ3n) is 4.24. The summed E-state index contributed by atoms with van der Waals surface area (Å²) in [6.45, 7) is 2.47. The van der Waals surface area contributed by atoms with Gasteiger partial charge < -0.3 is 4.57 Å². The summed E-state index contributed by atoms with van der Waals surface area (Å²) in [7, 11) is 0. The largest absolute Gasteiger partial charge is 0.314 e. The van der Waals surface area contributed by atoms with Crippen LogP contribution in [0.5, 0.6) is 0 Å². The van der Waals surface area contributed by atoms with Crippen molar-refractivity contribution in [2.45, 2.75) is 25.0 Å². The smallest absolute Gasteiger partial charge is 0.261 e. The third-order valence-corrected chi connectivity index (χ3v) is 4.78. The standard InChI is InChI=1S/C18H17N5OS/c1-12-15-14(23-17(19-12)20-18(21-23)25-2)9-11-22(16(15)24)10-8-13-6-4-3-5-7-13/h3-7,9,11H,8,10H2,1-2H3. The van der Waals surface area contributed by atoms with Gasteiger partial charge in [-0.25, -0.2) is 4.98 Å². The Bertz CT molecular complexity index is 1120. The van der Waals surface area contributed by atoms with Crippen molar-refractivity contribution in [3.8, 4) is 0 Å². The van der Waals surface area contributed by atoms with Crippen LogP contribution in [0.4, 0.5) is 0 Å². The van der Waals surface area contributed by atoms with Crippen LogP contribution in [0.25, 0.3) is 16.7 Å². The molecule has 3 aromatic heterocycles. The fourth-order valence-electron chi connectivity index (χ4n) is 2.96. The minimum absolute atomic E-state index is 0.0402. The number of hydrogen-bond acceptors (Lipinski definition) is 5. The molecule has 0 bridgehead atoms. The molecule has 3 heterocycles. The van der Waals surface area contributed by atoms with E-state index in [1.807, 2.05) is 43.6 Å². The number of hydrogen-bond donors (Lipinski definition) is 0. The molecule has 7 heteroatoms. The van der Waals surface area contributed by atoms with Crippen molar-refractivity contribution >= 4 is 28.4 Å². The molecule has 6 nitrogen and oxygen atoms in total. The SMILES string of the molecule is CSc1nc2nc(C)c3c(=O)n(CCc4ccccc4)ccc3n2n1. The fraction of sp³-hybridized carbons (Fsp3) is 0.222. The second-order valence-corrected chi connectivity index (χ2v) is 6.59. The summed E-state index contributed by atoms with van der Waals surface area (Å²) >= 11 is 1.46. The molecule has 126 valence electrons. The minimum atomic E-state index is -0.0402. The Hall–Kier alpha value is -2.67. The number of benzene rings is 1. The maximum atomic E-state index is 12.9. The molecule has 0 radical (unpaired) electrons. The number of aromatic nitrogens is 5. The molecular formula is C18H17N5OS. The van der Waals surface area contributed by atoms with Gasteiger partial charge in [-0.1, -0.05) is 42.1 Å². The first-order chi connectivity index (χ1) is 12.2. The number of nitrogens with zero attached hydrogens (tertiary/aromatic N) is 5. The molecule has 4 rings (SSSR count). The van der Waals surface area contributed by atoms with E-state index in [-0.39, 0.29) is 5.56 Å². The Morgan fingerprint density at radius 2 is 1.92 bits per heavy atom. The lowest BCUT2D eigenvalue weighted by Gasteiger charge is -2.09. The van der Waals surface area contributed by atoms with Crippen LogP contribution >= 0.6 is 11.8 Å². The van der Waals surface area contributed by atoms with Crippen molar-refractivity contribution < 1.29 is 0 Å². The average Bonchev–Trinajstić information content (AvgIpc) is 3.05. The molecule has 0 saturated carbocycles. The number of pyridine rings is 1. The normalized spacial score (nSPS) is 11.4. The lowest BCUT2D eigenvalue weighted by Crippen LogP contribution is -2.22. The van der Waals surface area contributed by atoms with E-state index in [0.29, 0.717) is 28.6 Å². The summed E-state index contributed by atoms with van der Waals surface area (Å²) in [5, 5.41) is 5.67. The van der Waals surface area contributed by atoms with E-state index in [2.05, 4.69) is 27.2 Å². The lowest BCUT2D eigenvalue weighted by atomic mass is 10.1. The Labute approximate surface area is 148 Å². The molecule has 0 saturated heterocycles. The highest BCUT2D eigenvalue weighted by atomic mass is 32.2. The first-order valence-corrected chi connectivity index (χ1v) is 9.24. The van der Waals surface area contributed by atoms with Gasteiger partial charge in [0.25, 0.3) is 11.3 Å². The Morgan fingerprint density at radius 3 is 2.68 bits per heavy atom. The molecule has 0 fully saturated rings. The average molecular weight is 351 g/mol. The molecule has 0 aliphatic rings. The maximum Gasteiger partial charge on any atom is 0.261 e. The fourth-order valence-corrected chi connectivity index (χ4v) is 3.30. The molecule has 0 amide bonds. The van der Waals surface area contributed by atoms with Crippen LogP contribution in [0, 0.1) is 6.92 Å². The summed E-state index contributed by atoms with van der Waals surface area (Å²) in [4.78, 5) is 21.8. The Morgan fingerprint density at radius 1 is 1.12 bits per heavy atom. The van der Waals surface area contributed by atoms with Crippen LogP contribution in [0.3, 0.4) is 0 Å². The van der Waals surface area contributed by atoms with E-state index in [4.69, 9.17) is 0 Å². The van der Waals surface area contributed by atoms with E-state index < -0.39 is 0 Å². The van der Waals surface area contributed by atoms with E-state index in [1.54, 1.807) is 9.08 Å². The van der Waals surface area contributed by atoms with Crippen molar-refractivity contribution in [2.24, 2.45) is 0 Å².